The molecule has 1 N–H and O–H groups in total. The average molecular weight is 237 g/mol. The van der Waals surface area contributed by atoms with Crippen LogP contribution in [0.25, 0.3) is 0 Å². The van der Waals surface area contributed by atoms with Gasteiger partial charge < -0.3 is 10.0 Å². The number of carbonyl (C=O) groups excluding carboxylic acids is 1. The second kappa shape index (κ2) is 4.20. The fourth-order valence-electron chi connectivity index (χ4n) is 2.23. The van der Waals surface area contributed by atoms with E-state index in [1.165, 1.54) is 0 Å². The van der Waals surface area contributed by atoms with Gasteiger partial charge in [0.2, 0.25) is 0 Å². The molecule has 1 amide bonds. The topological polar surface area (TPSA) is 75.4 Å². The zero-order valence-corrected chi connectivity index (χ0v) is 9.83. The lowest BCUT2D eigenvalue weighted by Crippen LogP contribution is -2.37. The molecule has 17 heavy (non-hydrogen) atoms. The summed E-state index contributed by atoms with van der Waals surface area (Å²) in [5.74, 6) is -1.50. The Morgan fingerprint density at radius 2 is 2.24 bits per heavy atom. The number of aryl methyl sites for hydroxylation is 1. The first-order valence-electron chi connectivity index (χ1n) is 5.54. The molecule has 6 nitrogen and oxygen atoms in total. The van der Waals surface area contributed by atoms with Crippen molar-refractivity contribution in [2.75, 3.05) is 6.54 Å². The molecule has 2 atom stereocenters. The highest BCUT2D eigenvalue weighted by atomic mass is 16.4. The number of hydrogen-bond acceptors (Lipinski definition) is 3. The predicted octanol–water partition coefficient (Wildman–Crippen LogP) is 0.355. The summed E-state index contributed by atoms with van der Waals surface area (Å²) < 4.78 is 1.56. The predicted molar refractivity (Wildman–Crippen MR) is 59.4 cm³/mol. The summed E-state index contributed by atoms with van der Waals surface area (Å²) in [5, 5.41) is 13.0. The molecule has 0 aliphatic carbocycles. The summed E-state index contributed by atoms with van der Waals surface area (Å²) in [4.78, 5) is 24.6. The van der Waals surface area contributed by atoms with Crippen LogP contribution in [0, 0.1) is 5.92 Å². The van der Waals surface area contributed by atoms with E-state index in [1.807, 2.05) is 0 Å². The van der Waals surface area contributed by atoms with Gasteiger partial charge in [0.1, 0.15) is 5.69 Å². The number of likely N-dealkylation sites (tertiary alicyclic amines) is 1. The van der Waals surface area contributed by atoms with Crippen molar-refractivity contribution < 1.29 is 14.7 Å². The lowest BCUT2D eigenvalue weighted by Gasteiger charge is -2.22. The largest absolute Gasteiger partial charge is 0.481 e. The van der Waals surface area contributed by atoms with Crippen LogP contribution in [-0.2, 0) is 11.8 Å². The smallest absolute Gasteiger partial charge is 0.308 e. The Hall–Kier alpha value is -1.85. The van der Waals surface area contributed by atoms with Crippen LogP contribution >= 0.6 is 0 Å². The Labute approximate surface area is 98.8 Å². The van der Waals surface area contributed by atoms with Gasteiger partial charge in [0.05, 0.1) is 5.92 Å². The van der Waals surface area contributed by atoms with Gasteiger partial charge >= 0.3 is 5.97 Å². The third-order valence-corrected chi connectivity index (χ3v) is 3.27. The number of nitrogens with zero attached hydrogens (tertiary/aromatic N) is 3. The van der Waals surface area contributed by atoms with Crippen molar-refractivity contribution in [3.8, 4) is 0 Å². The van der Waals surface area contributed by atoms with Crippen LogP contribution in [0.15, 0.2) is 12.3 Å². The minimum absolute atomic E-state index is 0.193. The van der Waals surface area contributed by atoms with Crippen LogP contribution in [0.4, 0.5) is 0 Å². The van der Waals surface area contributed by atoms with Gasteiger partial charge in [0.15, 0.2) is 0 Å². The first-order chi connectivity index (χ1) is 8.00. The monoisotopic (exact) mass is 237 g/mol. The van der Waals surface area contributed by atoms with Gasteiger partial charge in [-0.25, -0.2) is 0 Å². The lowest BCUT2D eigenvalue weighted by atomic mass is 10.0. The van der Waals surface area contributed by atoms with E-state index in [1.54, 1.807) is 35.8 Å². The van der Waals surface area contributed by atoms with Crippen LogP contribution in [0.3, 0.4) is 0 Å². The molecule has 1 aromatic rings. The maximum Gasteiger partial charge on any atom is 0.308 e. The molecule has 1 aromatic heterocycles. The minimum atomic E-state index is -0.839. The van der Waals surface area contributed by atoms with Gasteiger partial charge in [0.25, 0.3) is 5.91 Å². The molecular formula is C11H15N3O3. The Kier molecular flexibility index (Phi) is 2.87. The second-order valence-corrected chi connectivity index (χ2v) is 4.35. The molecule has 6 heteroatoms. The van der Waals surface area contributed by atoms with E-state index in [2.05, 4.69) is 5.10 Å². The number of amides is 1. The number of carbonyl (C=O) groups is 2. The second-order valence-electron chi connectivity index (χ2n) is 4.35. The molecular weight excluding hydrogens is 222 g/mol. The molecule has 0 saturated carbocycles. The van der Waals surface area contributed by atoms with E-state index in [-0.39, 0.29) is 11.9 Å². The molecule has 1 aliphatic rings. The van der Waals surface area contributed by atoms with Crippen LogP contribution in [0.5, 0.6) is 0 Å². The third kappa shape index (κ3) is 2.02. The van der Waals surface area contributed by atoms with Crippen molar-refractivity contribution >= 4 is 11.9 Å². The lowest BCUT2D eigenvalue weighted by molar-refractivity contribution is -0.142. The molecule has 1 fully saturated rings. The molecule has 1 saturated heterocycles. The van der Waals surface area contributed by atoms with Gasteiger partial charge in [0, 0.05) is 25.8 Å². The number of carboxylic acid groups (broad SMARTS) is 1. The van der Waals surface area contributed by atoms with Crippen LogP contribution in [0.1, 0.15) is 23.8 Å². The first-order valence-corrected chi connectivity index (χ1v) is 5.54. The van der Waals surface area contributed by atoms with Crippen molar-refractivity contribution in [3.05, 3.63) is 18.0 Å². The highest BCUT2D eigenvalue weighted by Crippen LogP contribution is 2.25. The molecule has 1 aliphatic heterocycles. The van der Waals surface area contributed by atoms with Crippen molar-refractivity contribution in [1.82, 2.24) is 14.7 Å². The standard InChI is InChI=1S/C11H15N3O3/c1-7-8(11(16)17)3-6-14(7)10(15)9-4-5-13(2)12-9/h4-5,7-8H,3,6H2,1-2H3,(H,16,17). The van der Waals surface area contributed by atoms with E-state index in [0.717, 1.165) is 0 Å². The number of aromatic nitrogens is 2. The summed E-state index contributed by atoms with van der Waals surface area (Å²) in [5.41, 5.74) is 0.366. The van der Waals surface area contributed by atoms with Gasteiger partial charge in [-0.3, -0.25) is 14.3 Å². The van der Waals surface area contributed by atoms with Crippen molar-refractivity contribution in [2.45, 2.75) is 19.4 Å². The molecule has 0 spiro atoms. The SMILES string of the molecule is CC1C(C(=O)O)CCN1C(=O)c1ccn(C)n1. The van der Waals surface area contributed by atoms with Crippen molar-refractivity contribution in [1.29, 1.82) is 0 Å². The molecule has 0 bridgehead atoms. The highest BCUT2D eigenvalue weighted by Gasteiger charge is 2.38. The Morgan fingerprint density at radius 3 is 2.71 bits per heavy atom. The number of aliphatic carboxylic acids is 1. The number of carboxylic acids is 1. The minimum Gasteiger partial charge on any atom is -0.481 e. The van der Waals surface area contributed by atoms with Gasteiger partial charge in [-0.05, 0) is 19.4 Å². The van der Waals surface area contributed by atoms with Gasteiger partial charge in [-0.2, -0.15) is 5.10 Å². The fraction of sp³-hybridized carbons (Fsp3) is 0.545. The Morgan fingerprint density at radius 1 is 1.53 bits per heavy atom. The summed E-state index contributed by atoms with van der Waals surface area (Å²) in [6.45, 7) is 2.25. The van der Waals surface area contributed by atoms with E-state index >= 15 is 0 Å². The fourth-order valence-corrected chi connectivity index (χ4v) is 2.23. The molecule has 0 radical (unpaired) electrons. The zero-order valence-electron chi connectivity index (χ0n) is 9.83. The van der Waals surface area contributed by atoms with Crippen LogP contribution in [-0.4, -0.2) is 44.3 Å². The van der Waals surface area contributed by atoms with E-state index in [0.29, 0.717) is 18.7 Å². The molecule has 2 rings (SSSR count). The molecule has 2 heterocycles. The summed E-state index contributed by atoms with van der Waals surface area (Å²) >= 11 is 0. The first kappa shape index (κ1) is 11.6. The van der Waals surface area contributed by atoms with E-state index < -0.39 is 11.9 Å². The van der Waals surface area contributed by atoms with E-state index in [9.17, 15) is 9.59 Å². The Bertz CT molecular complexity index is 455. The maximum absolute atomic E-state index is 12.1. The highest BCUT2D eigenvalue weighted by molar-refractivity contribution is 5.93. The number of rotatable bonds is 2. The van der Waals surface area contributed by atoms with Crippen LogP contribution < -0.4 is 0 Å². The zero-order chi connectivity index (χ0) is 12.6. The maximum atomic E-state index is 12.1. The van der Waals surface area contributed by atoms with Crippen LogP contribution in [0.2, 0.25) is 0 Å². The Balaban J connectivity index is 2.14. The molecule has 2 unspecified atom stereocenters. The van der Waals surface area contributed by atoms with Gasteiger partial charge in [-0.1, -0.05) is 0 Å². The molecule has 0 aromatic carbocycles. The quantitative estimate of drug-likeness (QED) is 0.805. The summed E-state index contributed by atoms with van der Waals surface area (Å²) in [6, 6.07) is 1.37. The normalized spacial score (nSPS) is 24.0. The summed E-state index contributed by atoms with van der Waals surface area (Å²) in [7, 11) is 1.74. The third-order valence-electron chi connectivity index (χ3n) is 3.27. The van der Waals surface area contributed by atoms with E-state index in [4.69, 9.17) is 5.11 Å². The van der Waals surface area contributed by atoms with Crippen molar-refractivity contribution in [2.24, 2.45) is 13.0 Å². The van der Waals surface area contributed by atoms with Crippen molar-refractivity contribution in [3.63, 3.8) is 0 Å². The summed E-state index contributed by atoms with van der Waals surface area (Å²) in [6.07, 6.45) is 2.21. The average Bonchev–Trinajstić information content (AvgIpc) is 2.83. The number of hydrogen-bond donors (Lipinski definition) is 1. The van der Waals surface area contributed by atoms with Gasteiger partial charge in [-0.15, -0.1) is 0 Å². The molecule has 92 valence electrons.